The molecule has 0 unspecified atom stereocenters. The van der Waals surface area contributed by atoms with Crippen molar-refractivity contribution in [2.75, 3.05) is 36.8 Å². The number of hydrogen-bond donors (Lipinski definition) is 0. The first-order chi connectivity index (χ1) is 12.5. The van der Waals surface area contributed by atoms with Crippen LogP contribution in [-0.2, 0) is 10.5 Å². The first-order valence-electron chi connectivity index (χ1n) is 8.94. The molecule has 1 fully saturated rings. The van der Waals surface area contributed by atoms with Crippen molar-refractivity contribution in [3.05, 3.63) is 65.0 Å². The number of aryl methyl sites for hydroxylation is 2. The Morgan fingerprint density at radius 1 is 1.00 bits per heavy atom. The summed E-state index contributed by atoms with van der Waals surface area (Å²) in [6, 6.07) is 13.1. The summed E-state index contributed by atoms with van der Waals surface area (Å²) < 4.78 is 13.0. The number of thioether (sulfide) groups is 1. The predicted molar refractivity (Wildman–Crippen MR) is 107 cm³/mol. The van der Waals surface area contributed by atoms with Crippen LogP contribution in [0.25, 0.3) is 0 Å². The van der Waals surface area contributed by atoms with E-state index < -0.39 is 0 Å². The van der Waals surface area contributed by atoms with Gasteiger partial charge >= 0.3 is 0 Å². The molecule has 0 radical (unpaired) electrons. The van der Waals surface area contributed by atoms with Crippen LogP contribution in [0.3, 0.4) is 0 Å². The van der Waals surface area contributed by atoms with Gasteiger partial charge in [-0.2, -0.15) is 0 Å². The molecular formula is C21H25FN2OS. The molecule has 3 rings (SSSR count). The number of anilines is 1. The minimum atomic E-state index is -0.219. The lowest BCUT2D eigenvalue weighted by atomic mass is 10.1. The highest BCUT2D eigenvalue weighted by Gasteiger charge is 2.21. The molecule has 0 aromatic heterocycles. The Morgan fingerprint density at radius 2 is 1.62 bits per heavy atom. The monoisotopic (exact) mass is 372 g/mol. The van der Waals surface area contributed by atoms with Gasteiger partial charge in [-0.3, -0.25) is 4.79 Å². The molecule has 0 bridgehead atoms. The van der Waals surface area contributed by atoms with E-state index >= 15 is 0 Å². The first kappa shape index (κ1) is 18.8. The lowest BCUT2D eigenvalue weighted by Crippen LogP contribution is -2.49. The van der Waals surface area contributed by atoms with E-state index in [1.807, 2.05) is 4.90 Å². The summed E-state index contributed by atoms with van der Waals surface area (Å²) in [5.74, 6) is 1.37. The summed E-state index contributed by atoms with van der Waals surface area (Å²) in [4.78, 5) is 16.6. The third kappa shape index (κ3) is 5.01. The Morgan fingerprint density at radius 3 is 2.23 bits per heavy atom. The SMILES string of the molecule is Cc1cc(C)cc(CSCC(=O)N2CCN(c3ccc(F)cc3)CC2)c1. The third-order valence-electron chi connectivity index (χ3n) is 4.60. The fourth-order valence-electron chi connectivity index (χ4n) is 3.37. The molecule has 2 aromatic carbocycles. The van der Waals surface area contributed by atoms with Crippen molar-refractivity contribution in [2.24, 2.45) is 0 Å². The summed E-state index contributed by atoms with van der Waals surface area (Å²) in [7, 11) is 0. The molecule has 0 saturated carbocycles. The highest BCUT2D eigenvalue weighted by Crippen LogP contribution is 2.19. The molecule has 5 heteroatoms. The number of halogens is 1. The van der Waals surface area contributed by atoms with Gasteiger partial charge in [-0.1, -0.05) is 29.3 Å². The van der Waals surface area contributed by atoms with Gasteiger partial charge in [0.1, 0.15) is 5.82 Å². The van der Waals surface area contributed by atoms with E-state index in [1.54, 1.807) is 23.9 Å². The maximum Gasteiger partial charge on any atom is 0.232 e. The number of rotatable bonds is 5. The Bertz CT molecular complexity index is 735. The van der Waals surface area contributed by atoms with E-state index in [-0.39, 0.29) is 11.7 Å². The van der Waals surface area contributed by atoms with Gasteiger partial charge in [-0.25, -0.2) is 4.39 Å². The van der Waals surface area contributed by atoms with Gasteiger partial charge < -0.3 is 9.80 Å². The summed E-state index contributed by atoms with van der Waals surface area (Å²) in [5, 5.41) is 0. The predicted octanol–water partition coefficient (Wildman–Crippen LogP) is 4.02. The number of amides is 1. The van der Waals surface area contributed by atoms with Gasteiger partial charge in [0.25, 0.3) is 0 Å². The van der Waals surface area contributed by atoms with Crippen LogP contribution in [0.2, 0.25) is 0 Å². The average molecular weight is 373 g/mol. The molecule has 0 atom stereocenters. The minimum absolute atomic E-state index is 0.207. The number of piperazine rings is 1. The fraction of sp³-hybridized carbons (Fsp3) is 0.381. The molecule has 0 aliphatic carbocycles. The van der Waals surface area contributed by atoms with Crippen molar-refractivity contribution < 1.29 is 9.18 Å². The van der Waals surface area contributed by atoms with E-state index in [0.717, 1.165) is 37.6 Å². The zero-order valence-electron chi connectivity index (χ0n) is 15.4. The van der Waals surface area contributed by atoms with Crippen molar-refractivity contribution in [3.63, 3.8) is 0 Å². The molecule has 138 valence electrons. The molecule has 2 aromatic rings. The van der Waals surface area contributed by atoms with Crippen LogP contribution in [0.15, 0.2) is 42.5 Å². The largest absolute Gasteiger partial charge is 0.368 e. The Kier molecular flexibility index (Phi) is 6.20. The summed E-state index contributed by atoms with van der Waals surface area (Å²) in [5.41, 5.74) is 4.83. The summed E-state index contributed by atoms with van der Waals surface area (Å²) in [6.07, 6.45) is 0. The summed E-state index contributed by atoms with van der Waals surface area (Å²) in [6.45, 7) is 7.23. The van der Waals surface area contributed by atoms with Crippen molar-refractivity contribution in [1.82, 2.24) is 4.90 Å². The van der Waals surface area contributed by atoms with Crippen LogP contribution >= 0.6 is 11.8 Å². The smallest absolute Gasteiger partial charge is 0.232 e. The van der Waals surface area contributed by atoms with Crippen LogP contribution in [0, 0.1) is 19.7 Å². The van der Waals surface area contributed by atoms with Gasteiger partial charge in [0.2, 0.25) is 5.91 Å². The quantitative estimate of drug-likeness (QED) is 0.792. The second kappa shape index (κ2) is 8.58. The Balaban J connectivity index is 1.44. The number of nitrogens with zero attached hydrogens (tertiary/aromatic N) is 2. The molecule has 0 N–H and O–H groups in total. The Labute approximate surface area is 159 Å². The first-order valence-corrected chi connectivity index (χ1v) is 10.1. The third-order valence-corrected chi connectivity index (χ3v) is 5.59. The van der Waals surface area contributed by atoms with Crippen LogP contribution in [-0.4, -0.2) is 42.7 Å². The van der Waals surface area contributed by atoms with Crippen molar-refractivity contribution in [2.45, 2.75) is 19.6 Å². The van der Waals surface area contributed by atoms with E-state index in [9.17, 15) is 9.18 Å². The number of carbonyl (C=O) groups excluding carboxylic acids is 1. The molecule has 1 aliphatic rings. The second-order valence-electron chi connectivity index (χ2n) is 6.83. The second-order valence-corrected chi connectivity index (χ2v) is 7.82. The molecule has 0 spiro atoms. The average Bonchev–Trinajstić information content (AvgIpc) is 2.62. The highest BCUT2D eigenvalue weighted by molar-refractivity contribution is 7.99. The van der Waals surface area contributed by atoms with E-state index in [0.29, 0.717) is 5.75 Å². The maximum absolute atomic E-state index is 13.0. The highest BCUT2D eigenvalue weighted by atomic mass is 32.2. The van der Waals surface area contributed by atoms with Crippen LogP contribution in [0.4, 0.5) is 10.1 Å². The van der Waals surface area contributed by atoms with Gasteiger partial charge in [0, 0.05) is 37.6 Å². The Hall–Kier alpha value is -2.01. The van der Waals surface area contributed by atoms with E-state index in [4.69, 9.17) is 0 Å². The van der Waals surface area contributed by atoms with Gasteiger partial charge in [-0.05, 0) is 43.7 Å². The molecule has 1 aliphatic heterocycles. The molecule has 1 amide bonds. The topological polar surface area (TPSA) is 23.6 Å². The van der Waals surface area contributed by atoms with Crippen LogP contribution < -0.4 is 4.90 Å². The van der Waals surface area contributed by atoms with E-state index in [2.05, 4.69) is 36.9 Å². The molecule has 26 heavy (non-hydrogen) atoms. The van der Waals surface area contributed by atoms with Crippen molar-refractivity contribution >= 4 is 23.4 Å². The number of hydrogen-bond acceptors (Lipinski definition) is 3. The van der Waals surface area contributed by atoms with Crippen LogP contribution in [0.5, 0.6) is 0 Å². The zero-order valence-corrected chi connectivity index (χ0v) is 16.2. The van der Waals surface area contributed by atoms with Crippen LogP contribution in [0.1, 0.15) is 16.7 Å². The standard InChI is InChI=1S/C21H25FN2OS/c1-16-11-17(2)13-18(12-16)14-26-15-21(25)24-9-7-23(8-10-24)20-5-3-19(22)4-6-20/h3-6,11-13H,7-10,14-15H2,1-2H3. The number of carbonyl (C=O) groups is 1. The van der Waals surface area contributed by atoms with Gasteiger partial charge in [0.15, 0.2) is 0 Å². The van der Waals surface area contributed by atoms with Gasteiger partial charge in [0.05, 0.1) is 5.75 Å². The van der Waals surface area contributed by atoms with Crippen molar-refractivity contribution in [3.8, 4) is 0 Å². The summed E-state index contributed by atoms with van der Waals surface area (Å²) >= 11 is 1.68. The fourth-order valence-corrected chi connectivity index (χ4v) is 4.23. The normalized spacial score (nSPS) is 14.6. The number of benzene rings is 2. The molecule has 1 heterocycles. The minimum Gasteiger partial charge on any atom is -0.368 e. The zero-order chi connectivity index (χ0) is 18.5. The van der Waals surface area contributed by atoms with Crippen molar-refractivity contribution in [1.29, 1.82) is 0 Å². The maximum atomic E-state index is 13.0. The van der Waals surface area contributed by atoms with Gasteiger partial charge in [-0.15, -0.1) is 11.8 Å². The molecular weight excluding hydrogens is 347 g/mol. The van der Waals surface area contributed by atoms with E-state index in [1.165, 1.54) is 28.8 Å². The molecule has 1 saturated heterocycles. The molecule has 3 nitrogen and oxygen atoms in total. The lowest BCUT2D eigenvalue weighted by Gasteiger charge is -2.36. The lowest BCUT2D eigenvalue weighted by molar-refractivity contribution is -0.128.